The van der Waals surface area contributed by atoms with Gasteiger partial charge in [-0.2, -0.15) is 5.10 Å². The van der Waals surface area contributed by atoms with Crippen molar-refractivity contribution in [1.82, 2.24) is 9.78 Å². The maximum atomic E-state index is 6.09. The van der Waals surface area contributed by atoms with Gasteiger partial charge in [0.25, 0.3) is 0 Å². The van der Waals surface area contributed by atoms with Gasteiger partial charge in [0.15, 0.2) is 0 Å². The Hall–Kier alpha value is -1.00. The molecule has 16 heavy (non-hydrogen) atoms. The van der Waals surface area contributed by atoms with E-state index >= 15 is 0 Å². The highest BCUT2D eigenvalue weighted by Crippen LogP contribution is 2.28. The molecule has 0 bridgehead atoms. The average Bonchev–Trinajstić information content (AvgIpc) is 2.53. The summed E-state index contributed by atoms with van der Waals surface area (Å²) in [4.78, 5) is 0. The smallest absolute Gasteiger partial charge is 0.148 e. The van der Waals surface area contributed by atoms with E-state index in [4.69, 9.17) is 17.3 Å². The summed E-state index contributed by atoms with van der Waals surface area (Å²) in [6.07, 6.45) is 1.88. The minimum absolute atomic E-state index is 0.531. The summed E-state index contributed by atoms with van der Waals surface area (Å²) in [6.45, 7) is 3.88. The molecular weight excluding hydrogens is 289 g/mol. The third-order valence-corrected chi connectivity index (χ3v) is 3.45. The normalized spacial score (nSPS) is 10.8. The predicted molar refractivity (Wildman–Crippen MR) is 70.2 cm³/mol. The Kier molecular flexibility index (Phi) is 2.95. The quantitative estimate of drug-likeness (QED) is 0.876. The topological polar surface area (TPSA) is 43.8 Å². The van der Waals surface area contributed by atoms with Crippen molar-refractivity contribution in [1.29, 1.82) is 0 Å². The van der Waals surface area contributed by atoms with Crippen molar-refractivity contribution in [2.45, 2.75) is 13.8 Å². The zero-order chi connectivity index (χ0) is 11.9. The number of aromatic nitrogens is 2. The van der Waals surface area contributed by atoms with Gasteiger partial charge in [0.2, 0.25) is 0 Å². The fourth-order valence-electron chi connectivity index (χ4n) is 1.41. The Balaban J connectivity index is 2.60. The maximum Gasteiger partial charge on any atom is 0.148 e. The van der Waals surface area contributed by atoms with Gasteiger partial charge in [0, 0.05) is 21.3 Å². The number of hydrogen-bond acceptors (Lipinski definition) is 2. The minimum Gasteiger partial charge on any atom is -0.382 e. The molecule has 2 rings (SSSR count). The Labute approximate surface area is 107 Å². The highest BCUT2D eigenvalue weighted by atomic mass is 79.9. The summed E-state index contributed by atoms with van der Waals surface area (Å²) in [5.74, 6) is 0.531. The first kappa shape index (κ1) is 11.5. The Morgan fingerprint density at radius 1 is 1.31 bits per heavy atom. The van der Waals surface area contributed by atoms with Crippen LogP contribution in [0.1, 0.15) is 11.1 Å². The molecule has 0 fully saturated rings. The van der Waals surface area contributed by atoms with Crippen LogP contribution in [0.25, 0.3) is 5.69 Å². The molecule has 0 aliphatic rings. The summed E-state index contributed by atoms with van der Waals surface area (Å²) in [7, 11) is 0. The van der Waals surface area contributed by atoms with Gasteiger partial charge >= 0.3 is 0 Å². The van der Waals surface area contributed by atoms with E-state index in [1.807, 2.05) is 32.2 Å². The molecule has 0 radical (unpaired) electrons. The van der Waals surface area contributed by atoms with Gasteiger partial charge in [-0.05, 0) is 47.5 Å². The fourth-order valence-corrected chi connectivity index (χ4v) is 2.21. The molecule has 2 N–H and O–H groups in total. The van der Waals surface area contributed by atoms with Crippen LogP contribution in [0.3, 0.4) is 0 Å². The second kappa shape index (κ2) is 4.11. The summed E-state index contributed by atoms with van der Waals surface area (Å²) in [5, 5.41) is 4.93. The third-order valence-electron chi connectivity index (χ3n) is 2.41. The van der Waals surface area contributed by atoms with E-state index in [2.05, 4.69) is 21.0 Å². The summed E-state index contributed by atoms with van der Waals surface area (Å²) in [5.41, 5.74) is 8.57. The van der Waals surface area contributed by atoms with E-state index in [0.717, 1.165) is 21.3 Å². The number of anilines is 1. The zero-order valence-corrected chi connectivity index (χ0v) is 11.3. The van der Waals surface area contributed by atoms with Crippen molar-refractivity contribution in [2.24, 2.45) is 0 Å². The first-order valence-electron chi connectivity index (χ1n) is 4.77. The van der Waals surface area contributed by atoms with Crippen molar-refractivity contribution >= 4 is 33.3 Å². The van der Waals surface area contributed by atoms with Gasteiger partial charge in [-0.15, -0.1) is 0 Å². The molecule has 0 spiro atoms. The van der Waals surface area contributed by atoms with Crippen molar-refractivity contribution in [3.05, 3.63) is 39.0 Å². The second-order valence-corrected chi connectivity index (χ2v) is 4.96. The van der Waals surface area contributed by atoms with Crippen LogP contribution in [-0.4, -0.2) is 9.78 Å². The zero-order valence-electron chi connectivity index (χ0n) is 8.96. The van der Waals surface area contributed by atoms with E-state index in [1.54, 1.807) is 4.68 Å². The summed E-state index contributed by atoms with van der Waals surface area (Å²) < 4.78 is 2.66. The Morgan fingerprint density at radius 2 is 2.00 bits per heavy atom. The van der Waals surface area contributed by atoms with Crippen LogP contribution >= 0.6 is 27.5 Å². The third kappa shape index (κ3) is 1.95. The first-order chi connectivity index (χ1) is 7.49. The molecule has 3 nitrogen and oxygen atoms in total. The number of benzene rings is 1. The van der Waals surface area contributed by atoms with Crippen LogP contribution in [0.15, 0.2) is 22.8 Å². The largest absolute Gasteiger partial charge is 0.382 e. The van der Waals surface area contributed by atoms with Gasteiger partial charge < -0.3 is 5.73 Å². The van der Waals surface area contributed by atoms with Crippen molar-refractivity contribution in [3.63, 3.8) is 0 Å². The molecular formula is C11H11BrClN3. The molecule has 1 aromatic heterocycles. The van der Waals surface area contributed by atoms with Crippen LogP contribution in [0.4, 0.5) is 5.82 Å². The molecule has 0 saturated carbocycles. The minimum atomic E-state index is 0.531. The lowest BCUT2D eigenvalue weighted by molar-refractivity contribution is 0.880. The predicted octanol–water partition coefficient (Wildman–Crippen LogP) is 3.49. The number of halogens is 2. The number of hydrogen-bond donors (Lipinski definition) is 1. The summed E-state index contributed by atoms with van der Waals surface area (Å²) in [6, 6.07) is 3.83. The van der Waals surface area contributed by atoms with Crippen molar-refractivity contribution < 1.29 is 0 Å². The number of nitrogens with zero attached hydrogens (tertiary/aromatic N) is 2. The van der Waals surface area contributed by atoms with Crippen LogP contribution < -0.4 is 5.73 Å². The molecule has 5 heteroatoms. The maximum absolute atomic E-state index is 6.09. The second-order valence-electron chi connectivity index (χ2n) is 3.69. The van der Waals surface area contributed by atoms with Gasteiger partial charge in [0.1, 0.15) is 5.82 Å². The molecule has 0 aliphatic carbocycles. The number of aryl methyl sites for hydroxylation is 2. The van der Waals surface area contributed by atoms with E-state index in [1.165, 1.54) is 0 Å². The standard InChI is InChI=1S/C11H11BrClN3/c1-6-3-8(12)10(4-9(6)13)16-5-7(2)11(14)15-16/h3-5H,1-2H3,(H2,14,15). The molecule has 2 aromatic rings. The molecule has 0 atom stereocenters. The van der Waals surface area contributed by atoms with E-state index in [0.29, 0.717) is 10.8 Å². The number of nitrogen functional groups attached to an aromatic ring is 1. The summed E-state index contributed by atoms with van der Waals surface area (Å²) >= 11 is 9.58. The van der Waals surface area contributed by atoms with Crippen LogP contribution in [0.5, 0.6) is 0 Å². The molecule has 0 aliphatic heterocycles. The molecule has 0 unspecified atom stereocenters. The average molecular weight is 301 g/mol. The molecule has 1 heterocycles. The lowest BCUT2D eigenvalue weighted by Gasteiger charge is -2.07. The van der Waals surface area contributed by atoms with Crippen LogP contribution in [0, 0.1) is 13.8 Å². The number of nitrogens with two attached hydrogens (primary N) is 1. The van der Waals surface area contributed by atoms with Gasteiger partial charge in [-0.1, -0.05) is 11.6 Å². The number of rotatable bonds is 1. The lowest BCUT2D eigenvalue weighted by Crippen LogP contribution is -1.98. The van der Waals surface area contributed by atoms with Crippen LogP contribution in [-0.2, 0) is 0 Å². The fraction of sp³-hybridized carbons (Fsp3) is 0.182. The highest BCUT2D eigenvalue weighted by Gasteiger charge is 2.09. The Morgan fingerprint density at radius 3 is 2.56 bits per heavy atom. The highest BCUT2D eigenvalue weighted by molar-refractivity contribution is 9.10. The lowest BCUT2D eigenvalue weighted by atomic mass is 10.2. The monoisotopic (exact) mass is 299 g/mol. The van der Waals surface area contributed by atoms with Gasteiger partial charge in [-0.25, -0.2) is 4.68 Å². The first-order valence-corrected chi connectivity index (χ1v) is 5.94. The van der Waals surface area contributed by atoms with Crippen molar-refractivity contribution in [2.75, 3.05) is 5.73 Å². The molecule has 0 amide bonds. The SMILES string of the molecule is Cc1cc(Br)c(-n2cc(C)c(N)n2)cc1Cl. The Bertz CT molecular complexity index is 529. The van der Waals surface area contributed by atoms with Crippen LogP contribution in [0.2, 0.25) is 5.02 Å². The van der Waals surface area contributed by atoms with E-state index in [-0.39, 0.29) is 0 Å². The van der Waals surface area contributed by atoms with E-state index in [9.17, 15) is 0 Å². The molecule has 0 saturated heterocycles. The van der Waals surface area contributed by atoms with Gasteiger partial charge in [-0.3, -0.25) is 0 Å². The molecule has 84 valence electrons. The van der Waals surface area contributed by atoms with E-state index < -0.39 is 0 Å². The van der Waals surface area contributed by atoms with Gasteiger partial charge in [0.05, 0.1) is 5.69 Å². The molecule has 1 aromatic carbocycles. The van der Waals surface area contributed by atoms with Crippen molar-refractivity contribution in [3.8, 4) is 5.69 Å².